The molecule has 0 saturated heterocycles. The average molecular weight is 467 g/mol. The molecule has 7 nitrogen and oxygen atoms in total. The highest BCUT2D eigenvalue weighted by Gasteiger charge is 2.31. The van der Waals surface area contributed by atoms with Crippen LogP contribution in [0.15, 0.2) is 29.1 Å². The molecule has 2 aromatic rings. The lowest BCUT2D eigenvalue weighted by atomic mass is 9.95. The second kappa shape index (κ2) is 9.60. The molecule has 0 radical (unpaired) electrons. The Labute approximate surface area is 188 Å². The number of nitrogens with one attached hydrogen (secondary N) is 1. The van der Waals surface area contributed by atoms with E-state index in [4.69, 9.17) is 18.9 Å². The van der Waals surface area contributed by atoms with Crippen molar-refractivity contribution in [2.45, 2.75) is 32.0 Å². The molecule has 3 rings (SSSR count). The first-order valence-corrected chi connectivity index (χ1v) is 10.1. The van der Waals surface area contributed by atoms with E-state index < -0.39 is 30.0 Å². The van der Waals surface area contributed by atoms with Gasteiger partial charge in [0.2, 0.25) is 17.1 Å². The van der Waals surface area contributed by atoms with Crippen molar-refractivity contribution in [3.8, 4) is 34.1 Å². The van der Waals surface area contributed by atoms with Crippen molar-refractivity contribution >= 4 is 5.91 Å². The molecular formula is C23H24F3NO6. The first kappa shape index (κ1) is 24.2. The lowest BCUT2D eigenvalue weighted by Crippen LogP contribution is -2.26. The van der Waals surface area contributed by atoms with Gasteiger partial charge < -0.3 is 24.3 Å². The van der Waals surface area contributed by atoms with Gasteiger partial charge in [-0.25, -0.2) is 0 Å². The van der Waals surface area contributed by atoms with Gasteiger partial charge in [0.25, 0.3) is 0 Å². The highest BCUT2D eigenvalue weighted by atomic mass is 19.4. The second-order valence-corrected chi connectivity index (χ2v) is 7.45. The van der Waals surface area contributed by atoms with Gasteiger partial charge in [0.05, 0.1) is 27.4 Å². The average Bonchev–Trinajstić information content (AvgIpc) is 2.99. The third kappa shape index (κ3) is 5.15. The summed E-state index contributed by atoms with van der Waals surface area (Å²) in [5.74, 6) is 0.333. The Morgan fingerprint density at radius 3 is 2.33 bits per heavy atom. The van der Waals surface area contributed by atoms with E-state index in [0.717, 1.165) is 5.56 Å². The zero-order chi connectivity index (χ0) is 24.3. The molecule has 0 fully saturated rings. The number of fused-ring (bicyclic) bond motifs is 3. The topological polar surface area (TPSA) is 83.1 Å². The van der Waals surface area contributed by atoms with Crippen LogP contribution in [0.25, 0.3) is 11.1 Å². The Hall–Kier alpha value is -3.43. The zero-order valence-electron chi connectivity index (χ0n) is 18.6. The molecule has 0 bridgehead atoms. The molecule has 2 aromatic carbocycles. The van der Waals surface area contributed by atoms with Gasteiger partial charge in [-0.1, -0.05) is 6.07 Å². The largest absolute Gasteiger partial charge is 0.493 e. The first-order valence-electron chi connectivity index (χ1n) is 10.1. The van der Waals surface area contributed by atoms with Crippen LogP contribution >= 0.6 is 0 Å². The Morgan fingerprint density at radius 1 is 1.06 bits per heavy atom. The Morgan fingerprint density at radius 2 is 1.76 bits per heavy atom. The van der Waals surface area contributed by atoms with Crippen LogP contribution in [0.1, 0.15) is 30.5 Å². The summed E-state index contributed by atoms with van der Waals surface area (Å²) in [6, 6.07) is 5.11. The van der Waals surface area contributed by atoms with Gasteiger partial charge >= 0.3 is 6.18 Å². The lowest BCUT2D eigenvalue weighted by molar-refractivity contribution is -0.153. The molecule has 0 saturated carbocycles. The van der Waals surface area contributed by atoms with E-state index in [-0.39, 0.29) is 5.91 Å². The van der Waals surface area contributed by atoms with Crippen molar-refractivity contribution in [3.63, 3.8) is 0 Å². The fourth-order valence-electron chi connectivity index (χ4n) is 3.97. The van der Waals surface area contributed by atoms with Crippen molar-refractivity contribution in [2.75, 3.05) is 27.9 Å². The smallest absolute Gasteiger partial charge is 0.422 e. The Bertz CT molecular complexity index is 1120. The van der Waals surface area contributed by atoms with Crippen LogP contribution in [0.4, 0.5) is 13.2 Å². The van der Waals surface area contributed by atoms with Gasteiger partial charge in [0, 0.05) is 12.5 Å². The maximum atomic E-state index is 12.8. The molecule has 1 atom stereocenters. The first-order chi connectivity index (χ1) is 15.6. The minimum absolute atomic E-state index is 0.313. The standard InChI is InChI=1S/C23H24F3NO6/c1-12(28)27-16-7-5-13-9-19(30-2)21(31-3)22(32-4)20(13)14-6-8-18(17(29)10-15(14)16)33-11-23(24,25)26/h6,8-10,16H,5,7,11H2,1-4H3,(H,27,28)/t16-/m0/s1. The predicted octanol–water partition coefficient (Wildman–Crippen LogP) is 3.80. The lowest BCUT2D eigenvalue weighted by Gasteiger charge is -2.19. The number of ether oxygens (including phenoxy) is 4. The van der Waals surface area contributed by atoms with Gasteiger partial charge in [0.15, 0.2) is 23.9 Å². The van der Waals surface area contributed by atoms with Crippen molar-refractivity contribution in [1.29, 1.82) is 0 Å². The number of alkyl halides is 3. The molecule has 0 spiro atoms. The number of hydrogen-bond acceptors (Lipinski definition) is 6. The fraction of sp³-hybridized carbons (Fsp3) is 0.391. The number of aryl methyl sites for hydroxylation is 1. The van der Waals surface area contributed by atoms with E-state index in [2.05, 4.69) is 5.32 Å². The molecule has 0 unspecified atom stereocenters. The molecule has 33 heavy (non-hydrogen) atoms. The number of benzene rings is 1. The molecule has 1 amide bonds. The zero-order valence-corrected chi connectivity index (χ0v) is 18.6. The molecule has 178 valence electrons. The normalized spacial score (nSPS) is 14.9. The van der Waals surface area contributed by atoms with Gasteiger partial charge in [-0.05, 0) is 47.7 Å². The van der Waals surface area contributed by atoms with E-state index in [0.29, 0.717) is 46.8 Å². The minimum atomic E-state index is -4.60. The predicted molar refractivity (Wildman–Crippen MR) is 114 cm³/mol. The molecular weight excluding hydrogens is 443 g/mol. The van der Waals surface area contributed by atoms with Gasteiger partial charge in [-0.15, -0.1) is 0 Å². The van der Waals surface area contributed by atoms with Crippen LogP contribution < -0.4 is 29.7 Å². The SMILES string of the molecule is COc1cc2c(c(OC)c1OC)-c1ccc(OCC(F)(F)F)c(=O)cc1[C@@H](NC(C)=O)CC2. The van der Waals surface area contributed by atoms with Crippen molar-refractivity contribution in [1.82, 2.24) is 5.32 Å². The number of methoxy groups -OCH3 is 3. The summed E-state index contributed by atoms with van der Waals surface area (Å²) in [5.41, 5.74) is 1.59. The van der Waals surface area contributed by atoms with Crippen molar-refractivity contribution in [2.24, 2.45) is 0 Å². The van der Waals surface area contributed by atoms with E-state index in [9.17, 15) is 22.8 Å². The number of rotatable bonds is 6. The molecule has 1 N–H and O–H groups in total. The summed E-state index contributed by atoms with van der Waals surface area (Å²) in [7, 11) is 4.39. The Kier molecular flexibility index (Phi) is 7.04. The van der Waals surface area contributed by atoms with Crippen LogP contribution in [0, 0.1) is 0 Å². The van der Waals surface area contributed by atoms with E-state index in [1.165, 1.54) is 46.5 Å². The summed E-state index contributed by atoms with van der Waals surface area (Å²) in [6.07, 6.45) is -3.67. The number of halogens is 3. The highest BCUT2D eigenvalue weighted by molar-refractivity contribution is 5.83. The fourth-order valence-corrected chi connectivity index (χ4v) is 3.97. The van der Waals surface area contributed by atoms with Crippen molar-refractivity contribution < 1.29 is 36.9 Å². The second-order valence-electron chi connectivity index (χ2n) is 7.45. The molecule has 10 heteroatoms. The molecule has 1 aliphatic rings. The van der Waals surface area contributed by atoms with Crippen LogP contribution in [-0.4, -0.2) is 40.0 Å². The van der Waals surface area contributed by atoms with Crippen molar-refractivity contribution in [3.05, 3.63) is 45.6 Å². The maximum Gasteiger partial charge on any atom is 0.422 e. The number of carbonyl (C=O) groups excluding carboxylic acids is 1. The van der Waals surface area contributed by atoms with Crippen LogP contribution in [0.3, 0.4) is 0 Å². The van der Waals surface area contributed by atoms with Gasteiger partial charge in [0.1, 0.15) is 0 Å². The summed E-state index contributed by atoms with van der Waals surface area (Å²) in [5, 5.41) is 2.82. The monoisotopic (exact) mass is 467 g/mol. The number of amides is 1. The number of carbonyl (C=O) groups is 1. The molecule has 0 heterocycles. The Balaban J connectivity index is 2.32. The van der Waals surface area contributed by atoms with E-state index in [1.54, 1.807) is 6.07 Å². The van der Waals surface area contributed by atoms with Crippen LogP contribution in [-0.2, 0) is 11.2 Å². The third-order valence-corrected chi connectivity index (χ3v) is 5.27. The number of hydrogen-bond donors (Lipinski definition) is 1. The van der Waals surface area contributed by atoms with E-state index >= 15 is 0 Å². The molecule has 0 aliphatic heterocycles. The quantitative estimate of drug-likeness (QED) is 0.696. The summed E-state index contributed by atoms with van der Waals surface area (Å²) >= 11 is 0. The maximum absolute atomic E-state index is 12.8. The highest BCUT2D eigenvalue weighted by Crippen LogP contribution is 2.50. The minimum Gasteiger partial charge on any atom is -0.493 e. The van der Waals surface area contributed by atoms with Gasteiger partial charge in [-0.3, -0.25) is 9.59 Å². The van der Waals surface area contributed by atoms with E-state index in [1.807, 2.05) is 0 Å². The molecule has 0 aromatic heterocycles. The summed E-state index contributed by atoms with van der Waals surface area (Å²) in [4.78, 5) is 24.6. The van der Waals surface area contributed by atoms with Crippen LogP contribution in [0.5, 0.6) is 23.0 Å². The van der Waals surface area contributed by atoms with Gasteiger partial charge in [-0.2, -0.15) is 13.2 Å². The summed E-state index contributed by atoms with van der Waals surface area (Å²) in [6.45, 7) is -0.250. The van der Waals surface area contributed by atoms with Crippen LogP contribution in [0.2, 0.25) is 0 Å². The third-order valence-electron chi connectivity index (χ3n) is 5.27. The molecule has 1 aliphatic carbocycles. The summed E-state index contributed by atoms with van der Waals surface area (Å²) < 4.78 is 59.3.